The van der Waals surface area contributed by atoms with Crippen LogP contribution in [0.2, 0.25) is 0 Å². The van der Waals surface area contributed by atoms with Gasteiger partial charge in [0, 0.05) is 12.7 Å². The van der Waals surface area contributed by atoms with Crippen LogP contribution in [0.15, 0.2) is 18.3 Å². The summed E-state index contributed by atoms with van der Waals surface area (Å²) in [6.45, 7) is 4.73. The summed E-state index contributed by atoms with van der Waals surface area (Å²) in [6.07, 6.45) is 1.76. The number of nitrogens with zero attached hydrogens (tertiary/aromatic N) is 1. The Morgan fingerprint density at radius 2 is 2.33 bits per heavy atom. The molecule has 0 aliphatic rings. The van der Waals surface area contributed by atoms with Gasteiger partial charge in [-0.25, -0.2) is 4.98 Å². The molecule has 0 saturated heterocycles. The van der Waals surface area contributed by atoms with E-state index in [1.807, 2.05) is 26.0 Å². The van der Waals surface area contributed by atoms with Crippen LogP contribution >= 0.6 is 0 Å². The van der Waals surface area contributed by atoms with E-state index in [2.05, 4.69) is 10.3 Å². The lowest BCUT2D eigenvalue weighted by molar-refractivity contribution is -0.122. The second-order valence-corrected chi connectivity index (χ2v) is 3.96. The Bertz CT molecular complexity index is 383. The van der Waals surface area contributed by atoms with Gasteiger partial charge in [0.1, 0.15) is 6.61 Å². The monoisotopic (exact) mass is 253 g/mol. The van der Waals surface area contributed by atoms with Crippen molar-refractivity contribution in [3.05, 3.63) is 18.3 Å². The molecular weight excluding hydrogens is 234 g/mol. The molecule has 1 aromatic rings. The highest BCUT2D eigenvalue weighted by molar-refractivity contribution is 5.74. The lowest BCUT2D eigenvalue weighted by atomic mass is 10.4. The van der Waals surface area contributed by atoms with Gasteiger partial charge in [-0.1, -0.05) is 0 Å². The van der Waals surface area contributed by atoms with Gasteiger partial charge in [-0.15, -0.1) is 0 Å². The van der Waals surface area contributed by atoms with E-state index in [-0.39, 0.29) is 12.7 Å². The van der Waals surface area contributed by atoms with Crippen molar-refractivity contribution < 1.29 is 14.3 Å². The zero-order chi connectivity index (χ0) is 13.4. The fourth-order valence-electron chi connectivity index (χ4n) is 1.29. The average Bonchev–Trinajstić information content (AvgIpc) is 2.29. The molecule has 18 heavy (non-hydrogen) atoms. The fraction of sp³-hybridized carbons (Fsp3) is 0.500. The summed E-state index contributed by atoms with van der Waals surface area (Å²) in [6, 6.07) is 3.66. The molecule has 0 atom stereocenters. The van der Waals surface area contributed by atoms with Gasteiger partial charge in [0.15, 0.2) is 11.6 Å². The second kappa shape index (κ2) is 7.50. The van der Waals surface area contributed by atoms with Gasteiger partial charge in [0.25, 0.3) is 0 Å². The topological polar surface area (TPSA) is 86.5 Å². The first-order chi connectivity index (χ1) is 8.59. The quantitative estimate of drug-likeness (QED) is 0.669. The highest BCUT2D eigenvalue weighted by Gasteiger charge is 2.05. The van der Waals surface area contributed by atoms with Crippen LogP contribution in [-0.2, 0) is 9.53 Å². The molecule has 0 radical (unpaired) electrons. The Balaban J connectivity index is 2.39. The molecular formula is C12H19N3O3. The number of hydrogen-bond acceptors (Lipinski definition) is 5. The zero-order valence-electron chi connectivity index (χ0n) is 10.7. The van der Waals surface area contributed by atoms with Gasteiger partial charge in [-0.2, -0.15) is 0 Å². The second-order valence-electron chi connectivity index (χ2n) is 3.96. The van der Waals surface area contributed by atoms with Gasteiger partial charge >= 0.3 is 0 Å². The number of nitrogens with two attached hydrogens (primary N) is 1. The number of primary amides is 1. The number of aromatic nitrogens is 1. The molecule has 0 unspecified atom stereocenters. The van der Waals surface area contributed by atoms with Gasteiger partial charge in [0.05, 0.1) is 12.7 Å². The Morgan fingerprint density at radius 1 is 1.56 bits per heavy atom. The number of carbonyl (C=O) groups is 1. The highest BCUT2D eigenvalue weighted by Crippen LogP contribution is 2.21. The lowest BCUT2D eigenvalue weighted by Crippen LogP contribution is -2.21. The van der Waals surface area contributed by atoms with Crippen LogP contribution in [0.5, 0.6) is 5.75 Å². The molecule has 0 spiro atoms. The number of carbonyl (C=O) groups excluding carboxylic acids is 1. The third kappa shape index (κ3) is 5.49. The van der Waals surface area contributed by atoms with Crippen molar-refractivity contribution in [1.82, 2.24) is 4.98 Å². The average molecular weight is 253 g/mol. The van der Waals surface area contributed by atoms with Gasteiger partial charge in [-0.05, 0) is 26.0 Å². The third-order valence-corrected chi connectivity index (χ3v) is 1.92. The molecule has 0 aromatic carbocycles. The molecule has 1 rings (SSSR count). The molecule has 6 nitrogen and oxygen atoms in total. The van der Waals surface area contributed by atoms with E-state index in [0.717, 1.165) is 0 Å². The molecule has 0 bridgehead atoms. The minimum atomic E-state index is -0.475. The zero-order valence-corrected chi connectivity index (χ0v) is 10.7. The molecule has 0 saturated carbocycles. The van der Waals surface area contributed by atoms with Crippen molar-refractivity contribution in [3.8, 4) is 5.75 Å². The van der Waals surface area contributed by atoms with Crippen LogP contribution in [0.1, 0.15) is 13.8 Å². The van der Waals surface area contributed by atoms with Crippen molar-refractivity contribution in [3.63, 3.8) is 0 Å². The van der Waals surface area contributed by atoms with E-state index in [0.29, 0.717) is 24.7 Å². The first-order valence-electron chi connectivity index (χ1n) is 5.81. The number of pyridine rings is 1. The van der Waals surface area contributed by atoms with Crippen molar-refractivity contribution in [1.29, 1.82) is 0 Å². The number of anilines is 1. The molecule has 0 aliphatic heterocycles. The summed E-state index contributed by atoms with van der Waals surface area (Å²) in [5, 5.41) is 3.08. The molecule has 0 aliphatic carbocycles. The van der Waals surface area contributed by atoms with E-state index >= 15 is 0 Å². The Kier molecular flexibility index (Phi) is 5.93. The molecule has 6 heteroatoms. The Labute approximate surface area is 106 Å². The molecule has 3 N–H and O–H groups in total. The maximum atomic E-state index is 10.5. The highest BCUT2D eigenvalue weighted by atomic mass is 16.5. The number of amides is 1. The van der Waals surface area contributed by atoms with Crippen LogP contribution in [-0.4, -0.2) is 36.8 Å². The number of rotatable bonds is 8. The van der Waals surface area contributed by atoms with Crippen LogP contribution in [0.3, 0.4) is 0 Å². The van der Waals surface area contributed by atoms with Gasteiger partial charge in [-0.3, -0.25) is 4.79 Å². The summed E-state index contributed by atoms with van der Waals surface area (Å²) in [4.78, 5) is 14.6. The van der Waals surface area contributed by atoms with Crippen molar-refractivity contribution in [2.24, 2.45) is 5.73 Å². The van der Waals surface area contributed by atoms with Gasteiger partial charge < -0.3 is 20.5 Å². The smallest absolute Gasteiger partial charge is 0.243 e. The maximum Gasteiger partial charge on any atom is 0.243 e. The van der Waals surface area contributed by atoms with E-state index in [9.17, 15) is 4.79 Å². The summed E-state index contributed by atoms with van der Waals surface area (Å²) < 4.78 is 10.6. The van der Waals surface area contributed by atoms with Crippen LogP contribution < -0.4 is 15.8 Å². The molecule has 1 amide bonds. The Hall–Kier alpha value is -1.82. The number of hydrogen-bond donors (Lipinski definition) is 2. The normalized spacial score (nSPS) is 10.4. The molecule has 0 fully saturated rings. The largest absolute Gasteiger partial charge is 0.487 e. The van der Waals surface area contributed by atoms with Crippen LogP contribution in [0.25, 0.3) is 0 Å². The molecule has 100 valence electrons. The first-order valence-corrected chi connectivity index (χ1v) is 5.81. The third-order valence-electron chi connectivity index (χ3n) is 1.92. The van der Waals surface area contributed by atoms with E-state index in [1.54, 1.807) is 6.20 Å². The summed E-state index contributed by atoms with van der Waals surface area (Å²) in [5.74, 6) is 0.882. The van der Waals surface area contributed by atoms with E-state index < -0.39 is 5.91 Å². The summed E-state index contributed by atoms with van der Waals surface area (Å²) in [7, 11) is 0. The van der Waals surface area contributed by atoms with Crippen LogP contribution in [0.4, 0.5) is 5.82 Å². The number of nitrogens with one attached hydrogen (secondary N) is 1. The summed E-state index contributed by atoms with van der Waals surface area (Å²) in [5.41, 5.74) is 4.95. The minimum Gasteiger partial charge on any atom is -0.487 e. The summed E-state index contributed by atoms with van der Waals surface area (Å²) >= 11 is 0. The molecule has 1 heterocycles. The lowest BCUT2D eigenvalue weighted by Gasteiger charge is -2.14. The SMILES string of the molecule is CC(C)Oc1cccnc1NCCOCC(N)=O. The van der Waals surface area contributed by atoms with Crippen molar-refractivity contribution in [2.45, 2.75) is 20.0 Å². The van der Waals surface area contributed by atoms with Crippen molar-refractivity contribution >= 4 is 11.7 Å². The van der Waals surface area contributed by atoms with E-state index in [4.69, 9.17) is 15.2 Å². The Morgan fingerprint density at radius 3 is 3.00 bits per heavy atom. The first kappa shape index (κ1) is 14.2. The number of ether oxygens (including phenoxy) is 2. The van der Waals surface area contributed by atoms with E-state index in [1.165, 1.54) is 0 Å². The minimum absolute atomic E-state index is 0.0702. The van der Waals surface area contributed by atoms with Crippen LogP contribution in [0, 0.1) is 0 Å². The predicted octanol–water partition coefficient (Wildman–Crippen LogP) is 0.783. The van der Waals surface area contributed by atoms with Gasteiger partial charge in [0.2, 0.25) is 5.91 Å². The fourth-order valence-corrected chi connectivity index (χ4v) is 1.29. The van der Waals surface area contributed by atoms with Crippen molar-refractivity contribution in [2.75, 3.05) is 25.1 Å². The predicted molar refractivity (Wildman–Crippen MR) is 68.5 cm³/mol. The molecule has 1 aromatic heterocycles. The maximum absolute atomic E-state index is 10.5. The standard InChI is InChI=1S/C12H19N3O3/c1-9(2)18-10-4-3-5-14-12(10)15-6-7-17-8-11(13)16/h3-5,9H,6-8H2,1-2H3,(H2,13,16)(H,14,15).